The Morgan fingerprint density at radius 2 is 1.27 bits per heavy atom. The predicted molar refractivity (Wildman–Crippen MR) is 108 cm³/mol. The fraction of sp³-hybridized carbons (Fsp3) is 0.167. The molecular weight excluding hydrogens is 388 g/mol. The van der Waals surface area contributed by atoms with Gasteiger partial charge in [0.2, 0.25) is 0 Å². The van der Waals surface area contributed by atoms with Gasteiger partial charge < -0.3 is 9.64 Å². The molecule has 0 unspecified atom stereocenters. The highest BCUT2D eigenvalue weighted by Crippen LogP contribution is 2.17. The monoisotopic (exact) mass is 409 g/mol. The van der Waals surface area contributed by atoms with Crippen LogP contribution in [-0.2, 0) is 22.6 Å². The lowest BCUT2D eigenvalue weighted by Crippen LogP contribution is -2.39. The SMILES string of the molecule is C[C@@H](OC(=O)c1c(F)cccc1F)C(=O)N(Cc1ccccc1)Cc1ccccc1. The highest BCUT2D eigenvalue weighted by atomic mass is 19.1. The lowest BCUT2D eigenvalue weighted by Gasteiger charge is -2.26. The number of rotatable bonds is 7. The van der Waals surface area contributed by atoms with Crippen LogP contribution >= 0.6 is 0 Å². The molecule has 3 aromatic carbocycles. The first-order valence-electron chi connectivity index (χ1n) is 9.47. The van der Waals surface area contributed by atoms with Gasteiger partial charge in [0.25, 0.3) is 5.91 Å². The van der Waals surface area contributed by atoms with Crippen molar-refractivity contribution in [1.82, 2.24) is 4.90 Å². The number of nitrogens with zero attached hydrogens (tertiary/aromatic N) is 1. The minimum absolute atomic E-state index is 0.296. The average molecular weight is 409 g/mol. The van der Waals surface area contributed by atoms with E-state index in [-0.39, 0.29) is 0 Å². The molecule has 0 heterocycles. The van der Waals surface area contributed by atoms with Gasteiger partial charge in [0.15, 0.2) is 6.10 Å². The molecule has 0 N–H and O–H groups in total. The molecule has 6 heteroatoms. The molecule has 1 amide bonds. The van der Waals surface area contributed by atoms with Gasteiger partial charge in [-0.25, -0.2) is 13.6 Å². The zero-order valence-corrected chi connectivity index (χ0v) is 16.4. The summed E-state index contributed by atoms with van der Waals surface area (Å²) in [5.74, 6) is -3.76. The molecule has 0 saturated heterocycles. The third-order valence-corrected chi connectivity index (χ3v) is 4.54. The standard InChI is InChI=1S/C24H21F2NO3/c1-17(30-24(29)22-20(25)13-8-14-21(22)26)23(28)27(15-18-9-4-2-5-10-18)16-19-11-6-3-7-12-19/h2-14,17H,15-16H2,1H3/t17-/m1/s1. The Kier molecular flexibility index (Phi) is 6.91. The molecule has 3 aromatic rings. The van der Waals surface area contributed by atoms with Crippen molar-refractivity contribution in [1.29, 1.82) is 0 Å². The predicted octanol–water partition coefficient (Wildman–Crippen LogP) is 4.74. The number of carbonyl (C=O) groups is 2. The molecule has 1 atom stereocenters. The van der Waals surface area contributed by atoms with Crippen molar-refractivity contribution in [2.24, 2.45) is 0 Å². The van der Waals surface area contributed by atoms with E-state index in [0.29, 0.717) is 13.1 Å². The van der Waals surface area contributed by atoms with Gasteiger partial charge in [0.1, 0.15) is 17.2 Å². The summed E-state index contributed by atoms with van der Waals surface area (Å²) in [6.45, 7) is 1.98. The summed E-state index contributed by atoms with van der Waals surface area (Å²) in [4.78, 5) is 26.9. The van der Waals surface area contributed by atoms with E-state index in [9.17, 15) is 18.4 Å². The summed E-state index contributed by atoms with van der Waals surface area (Å²) in [7, 11) is 0. The quantitative estimate of drug-likeness (QED) is 0.530. The van der Waals surface area contributed by atoms with Crippen molar-refractivity contribution in [2.75, 3.05) is 0 Å². The summed E-state index contributed by atoms with van der Waals surface area (Å²) in [6.07, 6.45) is -1.22. The first kappa shape index (κ1) is 21.2. The largest absolute Gasteiger partial charge is 0.449 e. The van der Waals surface area contributed by atoms with Crippen molar-refractivity contribution in [3.8, 4) is 0 Å². The number of esters is 1. The molecule has 0 spiro atoms. The zero-order valence-electron chi connectivity index (χ0n) is 16.4. The van der Waals surface area contributed by atoms with Crippen molar-refractivity contribution < 1.29 is 23.1 Å². The second-order valence-corrected chi connectivity index (χ2v) is 6.81. The van der Waals surface area contributed by atoms with E-state index in [0.717, 1.165) is 29.3 Å². The molecule has 0 aliphatic heterocycles. The molecule has 0 radical (unpaired) electrons. The molecule has 3 rings (SSSR count). The van der Waals surface area contributed by atoms with Crippen LogP contribution in [0.4, 0.5) is 8.78 Å². The van der Waals surface area contributed by atoms with Crippen molar-refractivity contribution >= 4 is 11.9 Å². The zero-order chi connectivity index (χ0) is 21.5. The minimum atomic E-state index is -1.22. The second kappa shape index (κ2) is 9.78. The van der Waals surface area contributed by atoms with Crippen LogP contribution in [0.2, 0.25) is 0 Å². The van der Waals surface area contributed by atoms with Gasteiger partial charge in [-0.15, -0.1) is 0 Å². The van der Waals surface area contributed by atoms with Crippen LogP contribution in [-0.4, -0.2) is 22.9 Å². The van der Waals surface area contributed by atoms with E-state index >= 15 is 0 Å². The van der Waals surface area contributed by atoms with Crippen LogP contribution in [0.25, 0.3) is 0 Å². The Hall–Kier alpha value is -3.54. The number of amides is 1. The van der Waals surface area contributed by atoms with Crippen molar-refractivity contribution in [3.05, 3.63) is 107 Å². The van der Waals surface area contributed by atoms with Gasteiger partial charge in [0, 0.05) is 13.1 Å². The van der Waals surface area contributed by atoms with E-state index < -0.39 is 35.2 Å². The first-order chi connectivity index (χ1) is 14.5. The smallest absolute Gasteiger partial charge is 0.344 e. The summed E-state index contributed by atoms with van der Waals surface area (Å²) >= 11 is 0. The van der Waals surface area contributed by atoms with Crippen molar-refractivity contribution in [3.63, 3.8) is 0 Å². The number of benzene rings is 3. The fourth-order valence-electron chi connectivity index (χ4n) is 3.04. The summed E-state index contributed by atoms with van der Waals surface area (Å²) in [5, 5.41) is 0. The number of hydrogen-bond donors (Lipinski definition) is 0. The van der Waals surface area contributed by atoms with Crippen molar-refractivity contribution in [2.45, 2.75) is 26.1 Å². The number of ether oxygens (including phenoxy) is 1. The fourth-order valence-corrected chi connectivity index (χ4v) is 3.04. The lowest BCUT2D eigenvalue weighted by atomic mass is 10.1. The van der Waals surface area contributed by atoms with Crippen LogP contribution in [0.1, 0.15) is 28.4 Å². The molecule has 0 fully saturated rings. The average Bonchev–Trinajstić information content (AvgIpc) is 2.74. The van der Waals surface area contributed by atoms with Crippen LogP contribution in [0.15, 0.2) is 78.9 Å². The van der Waals surface area contributed by atoms with E-state index in [1.807, 2.05) is 60.7 Å². The summed E-state index contributed by atoms with van der Waals surface area (Å²) in [5.41, 5.74) is 0.996. The normalized spacial score (nSPS) is 11.6. The Morgan fingerprint density at radius 3 is 1.73 bits per heavy atom. The van der Waals surface area contributed by atoms with E-state index in [2.05, 4.69) is 0 Å². The minimum Gasteiger partial charge on any atom is -0.449 e. The Morgan fingerprint density at radius 1 is 0.800 bits per heavy atom. The highest BCUT2D eigenvalue weighted by molar-refractivity contribution is 5.92. The maximum absolute atomic E-state index is 13.8. The number of carbonyl (C=O) groups excluding carboxylic acids is 2. The molecule has 30 heavy (non-hydrogen) atoms. The molecule has 0 saturated carbocycles. The molecule has 0 aliphatic rings. The number of halogens is 2. The lowest BCUT2D eigenvalue weighted by molar-refractivity contribution is -0.141. The molecule has 154 valence electrons. The maximum Gasteiger partial charge on any atom is 0.344 e. The van der Waals surface area contributed by atoms with Gasteiger partial charge in [0.05, 0.1) is 0 Å². The van der Waals surface area contributed by atoms with Gasteiger partial charge >= 0.3 is 5.97 Å². The van der Waals surface area contributed by atoms with Gasteiger partial charge in [-0.2, -0.15) is 0 Å². The van der Waals surface area contributed by atoms with Gasteiger partial charge in [-0.3, -0.25) is 4.79 Å². The van der Waals surface area contributed by atoms with Gasteiger partial charge in [-0.05, 0) is 30.2 Å². The molecule has 0 aromatic heterocycles. The van der Waals surface area contributed by atoms with E-state index in [1.165, 1.54) is 6.92 Å². The second-order valence-electron chi connectivity index (χ2n) is 6.81. The molecule has 4 nitrogen and oxygen atoms in total. The summed E-state index contributed by atoms with van der Waals surface area (Å²) < 4.78 is 32.8. The Balaban J connectivity index is 1.78. The van der Waals surface area contributed by atoms with Crippen LogP contribution < -0.4 is 0 Å². The summed E-state index contributed by atoms with van der Waals surface area (Å²) in [6, 6.07) is 21.8. The van der Waals surface area contributed by atoms with Crippen LogP contribution in [0, 0.1) is 11.6 Å². The Bertz CT molecular complexity index is 948. The molecular formula is C24H21F2NO3. The first-order valence-corrected chi connectivity index (χ1v) is 9.47. The molecule has 0 bridgehead atoms. The van der Waals surface area contributed by atoms with E-state index in [4.69, 9.17) is 4.74 Å². The Labute approximate surface area is 173 Å². The van der Waals surface area contributed by atoms with Crippen LogP contribution in [0.3, 0.4) is 0 Å². The topological polar surface area (TPSA) is 46.6 Å². The van der Waals surface area contributed by atoms with Gasteiger partial charge in [-0.1, -0.05) is 66.7 Å². The highest BCUT2D eigenvalue weighted by Gasteiger charge is 2.27. The van der Waals surface area contributed by atoms with E-state index in [1.54, 1.807) is 4.90 Å². The third-order valence-electron chi connectivity index (χ3n) is 4.54. The van der Waals surface area contributed by atoms with Crippen LogP contribution in [0.5, 0.6) is 0 Å². The third kappa shape index (κ3) is 5.29. The molecule has 0 aliphatic carbocycles. The maximum atomic E-state index is 13.8. The number of hydrogen-bond acceptors (Lipinski definition) is 3.